The summed E-state index contributed by atoms with van der Waals surface area (Å²) in [4.78, 5) is 4.24. The summed E-state index contributed by atoms with van der Waals surface area (Å²) in [5.41, 5.74) is 7.15. The lowest BCUT2D eigenvalue weighted by Crippen LogP contribution is -2.17. The molecule has 0 radical (unpaired) electrons. The van der Waals surface area contributed by atoms with Gasteiger partial charge in [0, 0.05) is 11.6 Å². The molecule has 0 spiro atoms. The van der Waals surface area contributed by atoms with Crippen molar-refractivity contribution < 1.29 is 9.47 Å². The van der Waals surface area contributed by atoms with E-state index >= 15 is 0 Å². The van der Waals surface area contributed by atoms with E-state index in [1.165, 1.54) is 0 Å². The largest absolute Gasteiger partial charge is 0.486 e. The maximum absolute atomic E-state index is 6.19. The molecule has 2 aromatic rings. The molecule has 6 heteroatoms. The number of nitrogens with zero attached hydrogens (tertiary/aromatic N) is 1. The highest BCUT2D eigenvalue weighted by atomic mass is 79.9. The van der Waals surface area contributed by atoms with Crippen molar-refractivity contribution >= 4 is 27.3 Å². The molecular formula is C12H11BrN2O2S. The number of thiazole rings is 1. The molecule has 0 saturated heterocycles. The van der Waals surface area contributed by atoms with Crippen LogP contribution in [0.1, 0.15) is 16.6 Å². The molecule has 1 atom stereocenters. The first-order valence-electron chi connectivity index (χ1n) is 5.49. The van der Waals surface area contributed by atoms with Crippen LogP contribution in [0.5, 0.6) is 11.5 Å². The van der Waals surface area contributed by atoms with Gasteiger partial charge >= 0.3 is 0 Å². The molecule has 1 aromatic heterocycles. The van der Waals surface area contributed by atoms with Gasteiger partial charge in [-0.3, -0.25) is 0 Å². The average Bonchev–Trinajstić information content (AvgIpc) is 2.91. The summed E-state index contributed by atoms with van der Waals surface area (Å²) < 4.78 is 12.0. The lowest BCUT2D eigenvalue weighted by molar-refractivity contribution is 0.170. The molecule has 1 aliphatic rings. The van der Waals surface area contributed by atoms with Gasteiger partial charge in [0.1, 0.15) is 18.2 Å². The minimum Gasteiger partial charge on any atom is -0.486 e. The first-order valence-corrected chi connectivity index (χ1v) is 7.17. The van der Waals surface area contributed by atoms with Crippen LogP contribution in [-0.4, -0.2) is 18.2 Å². The van der Waals surface area contributed by atoms with E-state index in [-0.39, 0.29) is 6.04 Å². The zero-order chi connectivity index (χ0) is 12.5. The lowest BCUT2D eigenvalue weighted by Gasteiger charge is -2.21. The quantitative estimate of drug-likeness (QED) is 0.921. The molecule has 0 amide bonds. The van der Waals surface area contributed by atoms with E-state index in [1.807, 2.05) is 17.5 Å². The number of fused-ring (bicyclic) bond motifs is 1. The Morgan fingerprint density at radius 1 is 1.33 bits per heavy atom. The van der Waals surface area contributed by atoms with Crippen LogP contribution in [0.3, 0.4) is 0 Å². The second-order valence-corrected chi connectivity index (χ2v) is 5.66. The van der Waals surface area contributed by atoms with Gasteiger partial charge in [0.05, 0.1) is 10.5 Å². The SMILES string of the molecule is NC(c1cc(Br)c2c(c1)OCCO2)c1nccs1. The second kappa shape index (κ2) is 4.87. The number of hydrogen-bond acceptors (Lipinski definition) is 5. The summed E-state index contributed by atoms with van der Waals surface area (Å²) in [6.45, 7) is 1.14. The van der Waals surface area contributed by atoms with Crippen molar-refractivity contribution in [1.29, 1.82) is 0 Å². The molecule has 0 saturated carbocycles. The number of benzene rings is 1. The van der Waals surface area contributed by atoms with Gasteiger partial charge in [-0.15, -0.1) is 11.3 Å². The van der Waals surface area contributed by atoms with E-state index in [1.54, 1.807) is 17.5 Å². The Kier molecular flexibility index (Phi) is 3.23. The Bertz CT molecular complexity index is 559. The predicted molar refractivity (Wildman–Crippen MR) is 73.3 cm³/mol. The van der Waals surface area contributed by atoms with Crippen LogP contribution in [0.15, 0.2) is 28.2 Å². The van der Waals surface area contributed by atoms with Gasteiger partial charge in [-0.1, -0.05) is 0 Å². The fourth-order valence-electron chi connectivity index (χ4n) is 1.84. The van der Waals surface area contributed by atoms with Crippen molar-refractivity contribution in [3.8, 4) is 11.5 Å². The Hall–Kier alpha value is -1.11. The summed E-state index contributed by atoms with van der Waals surface area (Å²) in [5.74, 6) is 1.48. The molecule has 3 rings (SSSR count). The molecule has 0 bridgehead atoms. The number of halogens is 1. The number of ether oxygens (including phenoxy) is 2. The third-order valence-electron chi connectivity index (χ3n) is 2.70. The van der Waals surface area contributed by atoms with Gasteiger partial charge in [-0.25, -0.2) is 4.98 Å². The summed E-state index contributed by atoms with van der Waals surface area (Å²) >= 11 is 5.03. The van der Waals surface area contributed by atoms with Gasteiger partial charge in [-0.05, 0) is 33.6 Å². The van der Waals surface area contributed by atoms with E-state index in [9.17, 15) is 0 Å². The van der Waals surface area contributed by atoms with Crippen molar-refractivity contribution in [3.05, 3.63) is 38.8 Å². The highest BCUT2D eigenvalue weighted by Gasteiger charge is 2.20. The predicted octanol–water partition coefficient (Wildman–Crippen LogP) is 2.72. The molecule has 0 fully saturated rings. The van der Waals surface area contributed by atoms with Crippen LogP contribution < -0.4 is 15.2 Å². The maximum atomic E-state index is 6.19. The molecule has 18 heavy (non-hydrogen) atoms. The van der Waals surface area contributed by atoms with Crippen LogP contribution >= 0.6 is 27.3 Å². The van der Waals surface area contributed by atoms with E-state index in [0.717, 1.165) is 26.5 Å². The first-order chi connectivity index (χ1) is 8.75. The molecular weight excluding hydrogens is 316 g/mol. The van der Waals surface area contributed by atoms with Crippen LogP contribution in [0.25, 0.3) is 0 Å². The van der Waals surface area contributed by atoms with E-state index < -0.39 is 0 Å². The van der Waals surface area contributed by atoms with Crippen molar-refractivity contribution in [3.63, 3.8) is 0 Å². The van der Waals surface area contributed by atoms with Crippen LogP contribution in [-0.2, 0) is 0 Å². The molecule has 94 valence electrons. The molecule has 4 nitrogen and oxygen atoms in total. The fourth-order valence-corrected chi connectivity index (χ4v) is 3.08. The molecule has 2 heterocycles. The highest BCUT2D eigenvalue weighted by molar-refractivity contribution is 9.10. The third kappa shape index (κ3) is 2.11. The number of aromatic nitrogens is 1. The Morgan fingerprint density at radius 2 is 2.17 bits per heavy atom. The minimum absolute atomic E-state index is 0.239. The number of hydrogen-bond donors (Lipinski definition) is 1. The van der Waals surface area contributed by atoms with Gasteiger partial charge < -0.3 is 15.2 Å². The van der Waals surface area contributed by atoms with Gasteiger partial charge in [0.15, 0.2) is 11.5 Å². The fraction of sp³-hybridized carbons (Fsp3) is 0.250. The molecule has 1 aliphatic heterocycles. The summed E-state index contributed by atoms with van der Waals surface area (Å²) in [6.07, 6.45) is 1.76. The monoisotopic (exact) mass is 326 g/mol. The Labute approximate surface area is 117 Å². The first kappa shape index (κ1) is 12.0. The maximum Gasteiger partial charge on any atom is 0.175 e. The zero-order valence-corrected chi connectivity index (χ0v) is 11.8. The van der Waals surface area contributed by atoms with Crippen molar-refractivity contribution in [2.24, 2.45) is 5.73 Å². The standard InChI is InChI=1S/C12H11BrN2O2S/c13-8-5-7(10(14)12-15-1-4-18-12)6-9-11(8)17-3-2-16-9/h1,4-6,10H,2-3,14H2. The highest BCUT2D eigenvalue weighted by Crippen LogP contribution is 2.40. The summed E-state index contributed by atoms with van der Waals surface area (Å²) in [5, 5.41) is 2.81. The summed E-state index contributed by atoms with van der Waals surface area (Å²) in [7, 11) is 0. The topological polar surface area (TPSA) is 57.4 Å². The molecule has 1 aromatic carbocycles. The van der Waals surface area contributed by atoms with Gasteiger partial charge in [0.25, 0.3) is 0 Å². The Morgan fingerprint density at radius 3 is 2.94 bits per heavy atom. The lowest BCUT2D eigenvalue weighted by atomic mass is 10.1. The van der Waals surface area contributed by atoms with Crippen molar-refractivity contribution in [1.82, 2.24) is 4.98 Å². The smallest absolute Gasteiger partial charge is 0.175 e. The molecule has 2 N–H and O–H groups in total. The number of rotatable bonds is 2. The summed E-state index contributed by atoms with van der Waals surface area (Å²) in [6, 6.07) is 3.64. The molecule has 1 unspecified atom stereocenters. The van der Waals surface area contributed by atoms with Crippen LogP contribution in [0.2, 0.25) is 0 Å². The number of nitrogens with two attached hydrogens (primary N) is 1. The zero-order valence-electron chi connectivity index (χ0n) is 9.43. The minimum atomic E-state index is -0.239. The van der Waals surface area contributed by atoms with Gasteiger partial charge in [0.2, 0.25) is 0 Å². The molecule has 0 aliphatic carbocycles. The van der Waals surface area contributed by atoms with E-state index in [0.29, 0.717) is 13.2 Å². The average molecular weight is 327 g/mol. The normalized spacial score (nSPS) is 15.4. The van der Waals surface area contributed by atoms with Crippen molar-refractivity contribution in [2.45, 2.75) is 6.04 Å². The second-order valence-electron chi connectivity index (χ2n) is 3.87. The van der Waals surface area contributed by atoms with Crippen molar-refractivity contribution in [2.75, 3.05) is 13.2 Å². The van der Waals surface area contributed by atoms with Crippen LogP contribution in [0.4, 0.5) is 0 Å². The third-order valence-corrected chi connectivity index (χ3v) is 4.14. The van der Waals surface area contributed by atoms with Gasteiger partial charge in [-0.2, -0.15) is 0 Å². The van der Waals surface area contributed by atoms with E-state index in [4.69, 9.17) is 15.2 Å². The van der Waals surface area contributed by atoms with E-state index in [2.05, 4.69) is 20.9 Å². The van der Waals surface area contributed by atoms with Crippen LogP contribution in [0, 0.1) is 0 Å². The Balaban J connectivity index is 2.00.